The van der Waals surface area contributed by atoms with E-state index in [2.05, 4.69) is 132 Å². The van der Waals surface area contributed by atoms with Crippen LogP contribution in [0.15, 0.2) is 169 Å². The van der Waals surface area contributed by atoms with Crippen LogP contribution in [0.25, 0.3) is 97.8 Å². The van der Waals surface area contributed by atoms with Gasteiger partial charge in [0, 0.05) is 53.1 Å². The number of nitrogens with zero attached hydrogens (tertiary/aromatic N) is 3. The number of hydrogen-bond donors (Lipinski definition) is 0. The molecule has 0 saturated carbocycles. The first-order valence-electron chi connectivity index (χ1n) is 17.4. The van der Waals surface area contributed by atoms with Gasteiger partial charge in [0.1, 0.15) is 11.2 Å². The van der Waals surface area contributed by atoms with Gasteiger partial charge in [0.15, 0.2) is 5.82 Å². The summed E-state index contributed by atoms with van der Waals surface area (Å²) >= 11 is 1.79. The molecular formula is C47H31N3OS. The van der Waals surface area contributed by atoms with Gasteiger partial charge in [0.25, 0.3) is 0 Å². The molecule has 246 valence electrons. The highest BCUT2D eigenvalue weighted by atomic mass is 32.1. The largest absolute Gasteiger partial charge is 0.455 e. The second-order valence-electron chi connectivity index (χ2n) is 12.9. The highest BCUT2D eigenvalue weighted by Gasteiger charge is 2.22. The Labute approximate surface area is 303 Å². The Balaban J connectivity index is 1.32. The zero-order chi connectivity index (χ0) is 34.8. The van der Waals surface area contributed by atoms with E-state index in [0.717, 1.165) is 82.2 Å². The summed E-state index contributed by atoms with van der Waals surface area (Å²) in [7, 11) is 0. The number of para-hydroxylation sites is 2. The lowest BCUT2D eigenvalue weighted by Gasteiger charge is -2.14. The van der Waals surface area contributed by atoms with E-state index < -0.39 is 0 Å². The van der Waals surface area contributed by atoms with Gasteiger partial charge in [0.2, 0.25) is 0 Å². The molecule has 0 aliphatic heterocycles. The predicted molar refractivity (Wildman–Crippen MR) is 220 cm³/mol. The van der Waals surface area contributed by atoms with Crippen molar-refractivity contribution in [3.05, 3.63) is 170 Å². The summed E-state index contributed by atoms with van der Waals surface area (Å²) in [5, 5.41) is 6.89. The summed E-state index contributed by atoms with van der Waals surface area (Å²) in [6, 6.07) is 47.0. The van der Waals surface area contributed by atoms with E-state index in [0.29, 0.717) is 5.82 Å². The number of fused-ring (bicyclic) bond motifs is 10. The average Bonchev–Trinajstić information content (AvgIpc) is 3.87. The first-order valence-corrected chi connectivity index (χ1v) is 18.2. The van der Waals surface area contributed by atoms with Crippen molar-refractivity contribution < 1.29 is 4.42 Å². The number of benzene rings is 6. The number of aromatic nitrogens is 3. The minimum Gasteiger partial charge on any atom is -0.455 e. The number of allylic oxidation sites excluding steroid dienone is 5. The van der Waals surface area contributed by atoms with E-state index in [1.54, 1.807) is 11.3 Å². The van der Waals surface area contributed by atoms with Crippen LogP contribution in [-0.4, -0.2) is 14.5 Å². The van der Waals surface area contributed by atoms with Gasteiger partial charge < -0.3 is 8.98 Å². The third-order valence-corrected chi connectivity index (χ3v) is 11.1. The number of furan rings is 1. The van der Waals surface area contributed by atoms with Crippen LogP contribution in [0, 0.1) is 0 Å². The molecule has 10 aromatic rings. The molecule has 0 saturated heterocycles. The van der Waals surface area contributed by atoms with E-state index in [-0.39, 0.29) is 0 Å². The fourth-order valence-electron chi connectivity index (χ4n) is 7.63. The molecule has 0 radical (unpaired) electrons. The molecule has 52 heavy (non-hydrogen) atoms. The maximum Gasteiger partial charge on any atom is 0.161 e. The SMILES string of the molecule is C=C/C=C(\C=C/C)c1cc(-c2ccccc2)nc(-c2cc(-n3c4ccccc4c4c5oc6ccccc6c5ccc43)cc3c2sc2ccccc23)n1. The van der Waals surface area contributed by atoms with Crippen molar-refractivity contribution in [2.75, 3.05) is 0 Å². The van der Waals surface area contributed by atoms with E-state index in [1.807, 2.05) is 43.4 Å². The number of rotatable bonds is 6. The van der Waals surface area contributed by atoms with Crippen molar-refractivity contribution >= 4 is 80.8 Å². The van der Waals surface area contributed by atoms with E-state index in [9.17, 15) is 0 Å². The lowest BCUT2D eigenvalue weighted by molar-refractivity contribution is 0.673. The molecule has 4 aromatic heterocycles. The summed E-state index contributed by atoms with van der Waals surface area (Å²) in [4.78, 5) is 10.6. The molecule has 0 bridgehead atoms. The fourth-order valence-corrected chi connectivity index (χ4v) is 8.82. The molecule has 10 rings (SSSR count). The Morgan fingerprint density at radius 2 is 1.48 bits per heavy atom. The van der Waals surface area contributed by atoms with Gasteiger partial charge in [-0.2, -0.15) is 0 Å². The van der Waals surface area contributed by atoms with Crippen LogP contribution in [0.3, 0.4) is 0 Å². The van der Waals surface area contributed by atoms with Crippen molar-refractivity contribution in [2.45, 2.75) is 6.92 Å². The van der Waals surface area contributed by atoms with E-state index in [1.165, 1.54) is 15.5 Å². The first-order chi connectivity index (χ1) is 25.7. The van der Waals surface area contributed by atoms with Gasteiger partial charge in [-0.3, -0.25) is 0 Å². The van der Waals surface area contributed by atoms with Crippen molar-refractivity contribution in [3.8, 4) is 28.3 Å². The molecule has 0 N–H and O–H groups in total. The summed E-state index contributed by atoms with van der Waals surface area (Å²) in [6.45, 7) is 6.01. The number of hydrogen-bond acceptors (Lipinski definition) is 4. The Morgan fingerprint density at radius 3 is 2.33 bits per heavy atom. The third-order valence-electron chi connectivity index (χ3n) is 9.88. The van der Waals surface area contributed by atoms with Crippen LogP contribution >= 0.6 is 11.3 Å². The quantitative estimate of drug-likeness (QED) is 0.164. The summed E-state index contributed by atoms with van der Waals surface area (Å²) < 4.78 is 11.4. The third kappa shape index (κ3) is 4.67. The molecule has 5 heteroatoms. The highest BCUT2D eigenvalue weighted by Crippen LogP contribution is 2.45. The molecule has 0 amide bonds. The zero-order valence-corrected chi connectivity index (χ0v) is 29.2. The van der Waals surface area contributed by atoms with Crippen LogP contribution in [0.2, 0.25) is 0 Å². The highest BCUT2D eigenvalue weighted by molar-refractivity contribution is 7.26. The van der Waals surface area contributed by atoms with E-state index >= 15 is 0 Å². The van der Waals surface area contributed by atoms with E-state index in [4.69, 9.17) is 14.4 Å². The molecule has 0 fully saturated rings. The van der Waals surface area contributed by atoms with Crippen LogP contribution < -0.4 is 0 Å². The molecule has 4 nitrogen and oxygen atoms in total. The van der Waals surface area contributed by atoms with Crippen LogP contribution in [-0.2, 0) is 0 Å². The Morgan fingerprint density at radius 1 is 0.712 bits per heavy atom. The minimum absolute atomic E-state index is 0.676. The molecule has 0 atom stereocenters. The van der Waals surface area contributed by atoms with Gasteiger partial charge in [-0.25, -0.2) is 9.97 Å². The fraction of sp³-hybridized carbons (Fsp3) is 0.0213. The number of thiophene rings is 1. The monoisotopic (exact) mass is 685 g/mol. The molecular weight excluding hydrogens is 655 g/mol. The molecule has 0 aliphatic carbocycles. The van der Waals surface area contributed by atoms with Crippen LogP contribution in [0.1, 0.15) is 12.6 Å². The normalized spacial score (nSPS) is 12.4. The molecule has 0 spiro atoms. The molecule has 4 heterocycles. The average molecular weight is 686 g/mol. The topological polar surface area (TPSA) is 43.9 Å². The lowest BCUT2D eigenvalue weighted by atomic mass is 10.0. The molecule has 0 unspecified atom stereocenters. The predicted octanol–water partition coefficient (Wildman–Crippen LogP) is 13.3. The summed E-state index contributed by atoms with van der Waals surface area (Å²) in [5.74, 6) is 0.676. The smallest absolute Gasteiger partial charge is 0.161 e. The molecule has 0 aliphatic rings. The van der Waals surface area contributed by atoms with Gasteiger partial charge in [-0.05, 0) is 61.0 Å². The lowest BCUT2D eigenvalue weighted by Crippen LogP contribution is -2.00. The summed E-state index contributed by atoms with van der Waals surface area (Å²) in [6.07, 6.45) is 7.92. The van der Waals surface area contributed by atoms with Crippen molar-refractivity contribution in [2.24, 2.45) is 0 Å². The van der Waals surface area contributed by atoms with Crippen molar-refractivity contribution in [1.29, 1.82) is 0 Å². The maximum absolute atomic E-state index is 6.61. The Kier molecular flexibility index (Phi) is 7.01. The van der Waals surface area contributed by atoms with Crippen LogP contribution in [0.5, 0.6) is 0 Å². The second kappa shape index (κ2) is 12.0. The van der Waals surface area contributed by atoms with Gasteiger partial charge in [-0.15, -0.1) is 11.3 Å². The molecule has 6 aromatic carbocycles. The Hall–Kier alpha value is -6.56. The van der Waals surface area contributed by atoms with Gasteiger partial charge in [0.05, 0.1) is 27.8 Å². The van der Waals surface area contributed by atoms with Crippen LogP contribution in [0.4, 0.5) is 0 Å². The Bertz CT molecular complexity index is 3100. The maximum atomic E-state index is 6.61. The zero-order valence-electron chi connectivity index (χ0n) is 28.4. The standard InChI is InChI=1S/C47H31N3OS/c1-3-14-29(15-4-2)38-28-39(30-16-6-5-7-17-30)49-47(48-38)37-27-31(26-36-33-19-10-13-23-43(33)52-46(36)37)50-40-21-11-8-20-35(40)44-41(50)25-24-34-32-18-9-12-22-42(32)51-45(34)44/h3-28H,1H2,2H3/b15-4-,29-14+. The van der Waals surface area contributed by atoms with Gasteiger partial charge >= 0.3 is 0 Å². The minimum atomic E-state index is 0.676. The second-order valence-corrected chi connectivity index (χ2v) is 14.0. The summed E-state index contributed by atoms with van der Waals surface area (Å²) in [5.41, 5.74) is 9.73. The first kappa shape index (κ1) is 30.3. The van der Waals surface area contributed by atoms with Gasteiger partial charge in [-0.1, -0.05) is 116 Å². The van der Waals surface area contributed by atoms with Crippen molar-refractivity contribution in [3.63, 3.8) is 0 Å². The van der Waals surface area contributed by atoms with Crippen molar-refractivity contribution in [1.82, 2.24) is 14.5 Å².